The Morgan fingerprint density at radius 1 is 0.860 bits per heavy atom. The van der Waals surface area contributed by atoms with Crippen LogP contribution in [0.3, 0.4) is 0 Å². The van der Waals surface area contributed by atoms with Gasteiger partial charge in [0.25, 0.3) is 0 Å². The third-order valence-electron chi connectivity index (χ3n) is 8.70. The van der Waals surface area contributed by atoms with Gasteiger partial charge in [-0.2, -0.15) is 10.5 Å². The fourth-order valence-corrected chi connectivity index (χ4v) is 6.56. The Labute approximate surface area is 249 Å². The minimum absolute atomic E-state index is 0.0176. The highest BCUT2D eigenvalue weighted by Gasteiger charge is 2.46. The summed E-state index contributed by atoms with van der Waals surface area (Å²) in [6.07, 6.45) is 2.20. The van der Waals surface area contributed by atoms with Crippen LogP contribution in [0.5, 0.6) is 0 Å². The first-order valence-corrected chi connectivity index (χ1v) is 14.3. The predicted molar refractivity (Wildman–Crippen MR) is 158 cm³/mol. The molecule has 6 rings (SSSR count). The van der Waals surface area contributed by atoms with Crippen molar-refractivity contribution in [2.24, 2.45) is 0 Å². The lowest BCUT2D eigenvalue weighted by Crippen LogP contribution is -2.36. The molecule has 2 unspecified atom stereocenters. The molecule has 7 nitrogen and oxygen atoms in total. The molecule has 2 saturated heterocycles. The molecule has 4 aromatic rings. The number of aryl methyl sites for hydroxylation is 1. The number of carbonyl (C=O) groups excluding carboxylic acids is 1. The van der Waals surface area contributed by atoms with Crippen LogP contribution in [-0.2, 0) is 0 Å². The monoisotopic (exact) mass is 581 g/mol. The summed E-state index contributed by atoms with van der Waals surface area (Å²) in [5.74, 6) is -0.942. The first-order chi connectivity index (χ1) is 20.5. The highest BCUT2D eigenvalue weighted by atomic mass is 19.1. The third kappa shape index (κ3) is 5.50. The third-order valence-corrected chi connectivity index (χ3v) is 8.70. The molecule has 0 radical (unpaired) electrons. The number of nitrogens with zero attached hydrogens (tertiary/aromatic N) is 5. The van der Waals surface area contributed by atoms with Gasteiger partial charge in [0.2, 0.25) is 0 Å². The fourth-order valence-electron chi connectivity index (χ4n) is 6.56. The SMILES string of the molecule is Cc1c(F)c(C(=O)CN2C3CCC2[C@@H](O)C3)c(C)n1-c1ccc(C#N)cc1.Cc1cc(F)c(C)n1-c1ccc(C#N)cc1. The zero-order valence-corrected chi connectivity index (χ0v) is 24.6. The summed E-state index contributed by atoms with van der Waals surface area (Å²) in [4.78, 5) is 15.0. The minimum Gasteiger partial charge on any atom is -0.391 e. The van der Waals surface area contributed by atoms with Crippen molar-refractivity contribution in [2.75, 3.05) is 6.54 Å². The van der Waals surface area contributed by atoms with Crippen molar-refractivity contribution in [3.63, 3.8) is 0 Å². The molecule has 2 aromatic heterocycles. The van der Waals surface area contributed by atoms with E-state index in [-0.39, 0.29) is 41.9 Å². The summed E-state index contributed by atoms with van der Waals surface area (Å²) in [5, 5.41) is 27.7. The van der Waals surface area contributed by atoms with Gasteiger partial charge >= 0.3 is 0 Å². The van der Waals surface area contributed by atoms with Crippen molar-refractivity contribution >= 4 is 5.78 Å². The van der Waals surface area contributed by atoms with Gasteiger partial charge in [0.1, 0.15) is 5.82 Å². The number of ketones is 1. The number of hydrogen-bond donors (Lipinski definition) is 1. The number of aromatic nitrogens is 2. The normalized spacial score (nSPS) is 19.0. The van der Waals surface area contributed by atoms with Crippen LogP contribution in [-0.4, -0.2) is 49.7 Å². The summed E-state index contributed by atoms with van der Waals surface area (Å²) < 4.78 is 31.9. The summed E-state index contributed by atoms with van der Waals surface area (Å²) >= 11 is 0. The first-order valence-electron chi connectivity index (χ1n) is 14.3. The van der Waals surface area contributed by atoms with Crippen LogP contribution < -0.4 is 0 Å². The molecule has 0 aliphatic carbocycles. The van der Waals surface area contributed by atoms with E-state index in [1.54, 1.807) is 61.7 Å². The van der Waals surface area contributed by atoms with E-state index in [2.05, 4.69) is 12.1 Å². The van der Waals surface area contributed by atoms with E-state index < -0.39 is 5.82 Å². The van der Waals surface area contributed by atoms with E-state index >= 15 is 0 Å². The highest BCUT2D eigenvalue weighted by molar-refractivity contribution is 5.99. The van der Waals surface area contributed by atoms with Crippen molar-refractivity contribution in [1.82, 2.24) is 14.0 Å². The van der Waals surface area contributed by atoms with Crippen molar-refractivity contribution in [3.05, 3.63) is 106 Å². The molecule has 1 N–H and O–H groups in total. The Morgan fingerprint density at radius 3 is 1.86 bits per heavy atom. The molecule has 220 valence electrons. The van der Waals surface area contributed by atoms with Crippen LogP contribution in [0.15, 0.2) is 54.6 Å². The van der Waals surface area contributed by atoms with Crippen molar-refractivity contribution in [3.8, 4) is 23.5 Å². The average Bonchev–Trinajstić information content (AvgIpc) is 3.67. The number of nitriles is 2. The number of Topliss-reactive ketones (excluding diaryl/α,β-unsaturated/α-hetero) is 1. The van der Waals surface area contributed by atoms with Gasteiger partial charge in [-0.3, -0.25) is 9.69 Å². The number of benzene rings is 2. The van der Waals surface area contributed by atoms with Gasteiger partial charge in [0.05, 0.1) is 52.9 Å². The highest BCUT2D eigenvalue weighted by Crippen LogP contribution is 2.38. The Kier molecular flexibility index (Phi) is 8.32. The van der Waals surface area contributed by atoms with Crippen LogP contribution in [0.1, 0.15) is 63.5 Å². The molecule has 2 bridgehead atoms. The van der Waals surface area contributed by atoms with Crippen LogP contribution in [0.25, 0.3) is 11.4 Å². The Balaban J connectivity index is 0.000000196. The average molecular weight is 582 g/mol. The van der Waals surface area contributed by atoms with E-state index in [1.807, 2.05) is 28.5 Å². The molecule has 4 heterocycles. The van der Waals surface area contributed by atoms with Gasteiger partial charge in [0, 0.05) is 34.8 Å². The van der Waals surface area contributed by atoms with Gasteiger partial charge in [-0.1, -0.05) is 0 Å². The Hall–Kier alpha value is -4.57. The number of aliphatic hydroxyl groups excluding tert-OH is 1. The van der Waals surface area contributed by atoms with Crippen LogP contribution in [0.4, 0.5) is 8.78 Å². The standard InChI is InChI=1S/C21H22FN3O2.C13H11FN2/c1-12-20(19(27)11-24-16-7-8-17(24)18(26)9-16)21(22)13(2)25(12)15-5-3-14(10-23)4-6-15;1-9-7-13(14)10(2)16(9)12-5-3-11(8-15)4-6-12/h3-6,16-18,26H,7-9,11H2,1-2H3;3-7H,1-2H3/t16?,17?,18-;/m0./s1. The number of rotatable bonds is 5. The number of aliphatic hydroxyl groups is 1. The molecule has 0 spiro atoms. The van der Waals surface area contributed by atoms with Gasteiger partial charge in [-0.05, 0) is 102 Å². The van der Waals surface area contributed by atoms with Gasteiger partial charge in [0.15, 0.2) is 11.6 Å². The van der Waals surface area contributed by atoms with Crippen LogP contribution >= 0.6 is 0 Å². The molecule has 2 fully saturated rings. The quantitative estimate of drug-likeness (QED) is 0.292. The summed E-state index contributed by atoms with van der Waals surface area (Å²) in [7, 11) is 0. The van der Waals surface area contributed by atoms with E-state index in [4.69, 9.17) is 10.5 Å². The van der Waals surface area contributed by atoms with Crippen molar-refractivity contribution < 1.29 is 18.7 Å². The molecule has 9 heteroatoms. The number of fused-ring (bicyclic) bond motifs is 2. The molecule has 0 amide bonds. The van der Waals surface area contributed by atoms with E-state index in [0.717, 1.165) is 29.9 Å². The lowest BCUT2D eigenvalue weighted by Gasteiger charge is -2.21. The summed E-state index contributed by atoms with van der Waals surface area (Å²) in [6.45, 7) is 7.13. The Bertz CT molecular complexity index is 1760. The molecule has 3 atom stereocenters. The second-order valence-corrected chi connectivity index (χ2v) is 11.3. The topological polar surface area (TPSA) is 98.0 Å². The van der Waals surface area contributed by atoms with Gasteiger partial charge in [-0.15, -0.1) is 0 Å². The van der Waals surface area contributed by atoms with E-state index in [0.29, 0.717) is 34.6 Å². The molecule has 2 aliphatic heterocycles. The number of hydrogen-bond acceptors (Lipinski definition) is 5. The second kappa shape index (κ2) is 12.0. The van der Waals surface area contributed by atoms with Gasteiger partial charge < -0.3 is 14.2 Å². The molecule has 2 aliphatic rings. The number of halogens is 2. The maximum atomic E-state index is 15.0. The van der Waals surface area contributed by atoms with Crippen LogP contribution in [0, 0.1) is 62.0 Å². The lowest BCUT2D eigenvalue weighted by atomic mass is 9.98. The summed E-state index contributed by atoms with van der Waals surface area (Å²) in [5.41, 5.74) is 5.22. The Morgan fingerprint density at radius 2 is 1.42 bits per heavy atom. The maximum absolute atomic E-state index is 15.0. The number of carbonyl (C=O) groups is 1. The molecule has 2 aromatic carbocycles. The van der Waals surface area contributed by atoms with Crippen LogP contribution in [0.2, 0.25) is 0 Å². The largest absolute Gasteiger partial charge is 0.391 e. The summed E-state index contributed by atoms with van der Waals surface area (Å²) in [6, 6.07) is 19.8. The molecular weight excluding hydrogens is 548 g/mol. The van der Waals surface area contributed by atoms with Gasteiger partial charge in [-0.25, -0.2) is 8.78 Å². The molecule has 43 heavy (non-hydrogen) atoms. The van der Waals surface area contributed by atoms with E-state index in [1.165, 1.54) is 6.07 Å². The predicted octanol–water partition coefficient (Wildman–Crippen LogP) is 5.99. The molecular formula is C34H33F2N5O2. The van der Waals surface area contributed by atoms with E-state index in [9.17, 15) is 18.7 Å². The lowest BCUT2D eigenvalue weighted by molar-refractivity contribution is 0.0870. The van der Waals surface area contributed by atoms with Crippen molar-refractivity contribution in [2.45, 2.75) is 65.1 Å². The fraction of sp³-hybridized carbons (Fsp3) is 0.324. The zero-order chi connectivity index (χ0) is 31.0. The second-order valence-electron chi connectivity index (χ2n) is 11.3. The first kappa shape index (κ1) is 29.9. The van der Waals surface area contributed by atoms with Crippen molar-refractivity contribution in [1.29, 1.82) is 10.5 Å². The smallest absolute Gasteiger partial charge is 0.181 e. The minimum atomic E-state index is -0.492. The molecule has 0 saturated carbocycles. The maximum Gasteiger partial charge on any atom is 0.181 e. The zero-order valence-electron chi connectivity index (χ0n) is 24.6.